The SMILES string of the molecule is CN=C(NCc1cccc(S(=O)(=O)NCc2cccc(F)c2)c1)NCc1cccs1.I. The van der Waals surface area contributed by atoms with E-state index in [-0.39, 0.29) is 35.4 Å². The lowest BCUT2D eigenvalue weighted by Gasteiger charge is -2.12. The molecule has 0 radical (unpaired) electrons. The first-order valence-electron chi connectivity index (χ1n) is 9.26. The lowest BCUT2D eigenvalue weighted by Crippen LogP contribution is -2.36. The van der Waals surface area contributed by atoms with Crippen LogP contribution >= 0.6 is 35.3 Å². The number of nitrogens with zero attached hydrogens (tertiary/aromatic N) is 1. The van der Waals surface area contributed by atoms with Gasteiger partial charge in [-0.1, -0.05) is 30.3 Å². The number of sulfonamides is 1. The average molecular weight is 574 g/mol. The highest BCUT2D eigenvalue weighted by atomic mass is 127. The molecule has 0 amide bonds. The zero-order valence-corrected chi connectivity index (χ0v) is 20.8. The van der Waals surface area contributed by atoms with E-state index in [9.17, 15) is 12.8 Å². The summed E-state index contributed by atoms with van der Waals surface area (Å²) in [6.07, 6.45) is 0. The van der Waals surface area contributed by atoms with Gasteiger partial charge in [0.25, 0.3) is 0 Å². The zero-order chi connectivity index (χ0) is 21.4. The molecular formula is C21H24FIN4O2S2. The molecule has 0 aliphatic heterocycles. The lowest BCUT2D eigenvalue weighted by molar-refractivity contribution is 0.580. The number of guanidine groups is 1. The number of halogens is 2. The minimum atomic E-state index is -3.72. The predicted octanol–water partition coefficient (Wildman–Crippen LogP) is 3.85. The van der Waals surface area contributed by atoms with Crippen molar-refractivity contribution in [3.63, 3.8) is 0 Å². The highest BCUT2D eigenvalue weighted by molar-refractivity contribution is 14.0. The summed E-state index contributed by atoms with van der Waals surface area (Å²) in [4.78, 5) is 5.52. The second kappa shape index (κ2) is 12.1. The van der Waals surface area contributed by atoms with E-state index in [1.165, 1.54) is 23.1 Å². The van der Waals surface area contributed by atoms with Crippen LogP contribution in [-0.2, 0) is 29.7 Å². The first kappa shape index (κ1) is 25.2. The van der Waals surface area contributed by atoms with Crippen molar-refractivity contribution >= 4 is 51.3 Å². The lowest BCUT2D eigenvalue weighted by atomic mass is 10.2. The van der Waals surface area contributed by atoms with Gasteiger partial charge in [0.05, 0.1) is 11.4 Å². The van der Waals surface area contributed by atoms with Crippen LogP contribution in [0.25, 0.3) is 0 Å². The summed E-state index contributed by atoms with van der Waals surface area (Å²) in [6, 6.07) is 16.5. The molecule has 1 aromatic heterocycles. The van der Waals surface area contributed by atoms with Crippen LogP contribution in [0.4, 0.5) is 4.39 Å². The van der Waals surface area contributed by atoms with Crippen LogP contribution in [0.1, 0.15) is 16.0 Å². The van der Waals surface area contributed by atoms with Crippen molar-refractivity contribution < 1.29 is 12.8 Å². The fraction of sp³-hybridized carbons (Fsp3) is 0.190. The van der Waals surface area contributed by atoms with Crippen LogP contribution in [0.15, 0.2) is 75.9 Å². The van der Waals surface area contributed by atoms with Crippen LogP contribution in [0.5, 0.6) is 0 Å². The smallest absolute Gasteiger partial charge is 0.240 e. The number of aliphatic imine (C=N–C) groups is 1. The Hall–Kier alpha value is -2.02. The van der Waals surface area contributed by atoms with E-state index in [0.29, 0.717) is 24.6 Å². The summed E-state index contributed by atoms with van der Waals surface area (Å²) in [7, 11) is -2.04. The monoisotopic (exact) mass is 574 g/mol. The molecular weight excluding hydrogens is 550 g/mol. The molecule has 3 aromatic rings. The number of hydrogen-bond donors (Lipinski definition) is 3. The molecule has 0 saturated carbocycles. The van der Waals surface area contributed by atoms with Gasteiger partial charge in [0.15, 0.2) is 5.96 Å². The van der Waals surface area contributed by atoms with Crippen LogP contribution in [0, 0.1) is 5.82 Å². The van der Waals surface area contributed by atoms with E-state index in [2.05, 4.69) is 20.3 Å². The number of thiophene rings is 1. The molecule has 0 saturated heterocycles. The summed E-state index contributed by atoms with van der Waals surface area (Å²) >= 11 is 1.66. The topological polar surface area (TPSA) is 82.6 Å². The Labute approximate surface area is 203 Å². The summed E-state index contributed by atoms with van der Waals surface area (Å²) in [6.45, 7) is 1.09. The van der Waals surface area contributed by atoms with Gasteiger partial charge in [0, 0.05) is 25.0 Å². The van der Waals surface area contributed by atoms with Crippen molar-refractivity contribution in [2.24, 2.45) is 4.99 Å². The maximum atomic E-state index is 13.3. The second-order valence-electron chi connectivity index (χ2n) is 6.46. The van der Waals surface area contributed by atoms with E-state index in [1.807, 2.05) is 23.6 Å². The molecule has 10 heteroatoms. The van der Waals surface area contributed by atoms with Crippen molar-refractivity contribution in [2.75, 3.05) is 7.05 Å². The fourth-order valence-corrected chi connectivity index (χ4v) is 4.45. The van der Waals surface area contributed by atoms with E-state index in [4.69, 9.17) is 0 Å². The maximum Gasteiger partial charge on any atom is 0.240 e. The maximum absolute atomic E-state index is 13.3. The van der Waals surface area contributed by atoms with Gasteiger partial charge >= 0.3 is 0 Å². The molecule has 6 nitrogen and oxygen atoms in total. The molecule has 2 aromatic carbocycles. The molecule has 1 heterocycles. The molecule has 3 N–H and O–H groups in total. The van der Waals surface area contributed by atoms with Crippen LogP contribution in [-0.4, -0.2) is 21.4 Å². The Balaban J connectivity index is 0.00000341. The largest absolute Gasteiger partial charge is 0.352 e. The highest BCUT2D eigenvalue weighted by Gasteiger charge is 2.14. The van der Waals surface area contributed by atoms with Crippen LogP contribution in [0.2, 0.25) is 0 Å². The second-order valence-corrected chi connectivity index (χ2v) is 9.26. The Kier molecular flexibility index (Phi) is 9.88. The van der Waals surface area contributed by atoms with Crippen molar-refractivity contribution in [1.29, 1.82) is 0 Å². The van der Waals surface area contributed by atoms with E-state index in [1.54, 1.807) is 42.6 Å². The van der Waals surface area contributed by atoms with Crippen molar-refractivity contribution in [3.05, 3.63) is 87.9 Å². The van der Waals surface area contributed by atoms with Gasteiger partial charge in [-0.3, -0.25) is 4.99 Å². The average Bonchev–Trinajstić information content (AvgIpc) is 3.26. The van der Waals surface area contributed by atoms with Gasteiger partial charge in [0.2, 0.25) is 10.0 Å². The zero-order valence-electron chi connectivity index (χ0n) is 16.8. The standard InChI is InChI=1S/C21H23FN4O2S2.HI/c1-23-21(25-15-19-8-4-10-29-19)24-13-17-6-3-9-20(12-17)30(27,28)26-14-16-5-2-7-18(22)11-16;/h2-12,26H,13-15H2,1H3,(H2,23,24,25);1H. The van der Waals surface area contributed by atoms with Gasteiger partial charge in [0.1, 0.15) is 5.82 Å². The minimum absolute atomic E-state index is 0. The third-order valence-electron chi connectivity index (χ3n) is 4.26. The van der Waals surface area contributed by atoms with E-state index in [0.717, 1.165) is 5.56 Å². The Morgan fingerprint density at radius 3 is 2.35 bits per heavy atom. The number of nitrogens with one attached hydrogen (secondary N) is 3. The summed E-state index contributed by atoms with van der Waals surface area (Å²) in [5.41, 5.74) is 1.35. The molecule has 0 fully saturated rings. The first-order valence-corrected chi connectivity index (χ1v) is 11.6. The predicted molar refractivity (Wildman–Crippen MR) is 134 cm³/mol. The van der Waals surface area contributed by atoms with E-state index >= 15 is 0 Å². The summed E-state index contributed by atoms with van der Waals surface area (Å²) in [5, 5.41) is 8.41. The third kappa shape index (κ3) is 7.87. The van der Waals surface area contributed by atoms with Gasteiger partial charge < -0.3 is 10.6 Å². The van der Waals surface area contributed by atoms with Crippen molar-refractivity contribution in [1.82, 2.24) is 15.4 Å². The number of hydrogen-bond acceptors (Lipinski definition) is 4. The highest BCUT2D eigenvalue weighted by Crippen LogP contribution is 2.13. The van der Waals surface area contributed by atoms with Crippen molar-refractivity contribution in [2.45, 2.75) is 24.5 Å². The molecule has 3 rings (SSSR count). The van der Waals surface area contributed by atoms with Crippen molar-refractivity contribution in [3.8, 4) is 0 Å². The fourth-order valence-electron chi connectivity index (χ4n) is 2.72. The van der Waals surface area contributed by atoms with Gasteiger partial charge in [-0.25, -0.2) is 17.5 Å². The molecule has 0 aliphatic rings. The quantitative estimate of drug-likeness (QED) is 0.217. The number of rotatable bonds is 8. The van der Waals surface area contributed by atoms with Gasteiger partial charge in [-0.2, -0.15) is 0 Å². The molecule has 0 spiro atoms. The molecule has 0 aliphatic carbocycles. The minimum Gasteiger partial charge on any atom is -0.352 e. The Morgan fingerprint density at radius 2 is 1.68 bits per heavy atom. The van der Waals surface area contributed by atoms with Gasteiger partial charge in [-0.15, -0.1) is 35.3 Å². The van der Waals surface area contributed by atoms with Gasteiger partial charge in [-0.05, 0) is 46.8 Å². The number of benzene rings is 2. The van der Waals surface area contributed by atoms with Crippen LogP contribution < -0.4 is 15.4 Å². The first-order chi connectivity index (χ1) is 14.5. The molecule has 0 atom stereocenters. The summed E-state index contributed by atoms with van der Waals surface area (Å²) in [5.74, 6) is 0.224. The van der Waals surface area contributed by atoms with Crippen LogP contribution in [0.3, 0.4) is 0 Å². The third-order valence-corrected chi connectivity index (χ3v) is 6.53. The Bertz CT molecular complexity index is 1110. The van der Waals surface area contributed by atoms with E-state index < -0.39 is 15.8 Å². The normalized spacial score (nSPS) is 11.6. The molecule has 31 heavy (non-hydrogen) atoms. The molecule has 0 bridgehead atoms. The summed E-state index contributed by atoms with van der Waals surface area (Å²) < 4.78 is 41.0. The molecule has 0 unspecified atom stereocenters. The Morgan fingerprint density at radius 1 is 0.968 bits per heavy atom. The molecule has 166 valence electrons.